The highest BCUT2D eigenvalue weighted by molar-refractivity contribution is 5.92. The van der Waals surface area contributed by atoms with Crippen LogP contribution in [0, 0.1) is 0 Å². The van der Waals surface area contributed by atoms with E-state index in [1.54, 1.807) is 16.9 Å². The lowest BCUT2D eigenvalue weighted by atomic mass is 9.87. The fourth-order valence-electron chi connectivity index (χ4n) is 2.85. The van der Waals surface area contributed by atoms with E-state index in [2.05, 4.69) is 43.3 Å². The van der Waals surface area contributed by atoms with Crippen LogP contribution in [0.3, 0.4) is 0 Å². The summed E-state index contributed by atoms with van der Waals surface area (Å²) in [6, 6.07) is 9.75. The highest BCUT2D eigenvalue weighted by Gasteiger charge is 2.17. The lowest BCUT2D eigenvalue weighted by molar-refractivity contribution is 0.0852. The number of nitrogens with zero attached hydrogens (tertiary/aromatic N) is 2. The Labute approximate surface area is 154 Å². The Morgan fingerprint density at radius 3 is 2.73 bits per heavy atom. The van der Waals surface area contributed by atoms with E-state index < -0.39 is 0 Å². The molecule has 1 amide bonds. The van der Waals surface area contributed by atoms with Crippen LogP contribution < -0.4 is 10.1 Å². The minimum Gasteiger partial charge on any atom is -0.471 e. The predicted octanol–water partition coefficient (Wildman–Crippen LogP) is 3.13. The first-order valence-corrected chi connectivity index (χ1v) is 9.08. The second-order valence-corrected chi connectivity index (χ2v) is 7.63. The highest BCUT2D eigenvalue weighted by Crippen LogP contribution is 2.24. The molecule has 0 saturated carbocycles. The van der Waals surface area contributed by atoms with Gasteiger partial charge in [0.2, 0.25) is 0 Å². The number of ether oxygens (including phenoxy) is 2. The number of carbonyl (C=O) groups excluding carboxylic acids is 1. The van der Waals surface area contributed by atoms with Crippen molar-refractivity contribution in [3.63, 3.8) is 0 Å². The van der Waals surface area contributed by atoms with Crippen molar-refractivity contribution < 1.29 is 14.3 Å². The molecule has 1 fully saturated rings. The zero-order valence-electron chi connectivity index (χ0n) is 15.7. The van der Waals surface area contributed by atoms with Gasteiger partial charge in [0.1, 0.15) is 11.4 Å². The molecule has 1 atom stereocenters. The summed E-state index contributed by atoms with van der Waals surface area (Å²) in [4.78, 5) is 12.1. The van der Waals surface area contributed by atoms with Crippen molar-refractivity contribution >= 4 is 5.91 Å². The van der Waals surface area contributed by atoms with Crippen LogP contribution in [-0.4, -0.2) is 34.9 Å². The van der Waals surface area contributed by atoms with Crippen LogP contribution in [0.1, 0.15) is 49.7 Å². The molecule has 0 bridgehead atoms. The summed E-state index contributed by atoms with van der Waals surface area (Å²) in [6.07, 6.45) is 3.92. The Bertz CT molecular complexity index is 726. The van der Waals surface area contributed by atoms with E-state index in [1.807, 2.05) is 12.1 Å². The van der Waals surface area contributed by atoms with Gasteiger partial charge in [-0.15, -0.1) is 0 Å². The monoisotopic (exact) mass is 357 g/mol. The minimum absolute atomic E-state index is 0.117. The largest absolute Gasteiger partial charge is 0.471 e. The lowest BCUT2D eigenvalue weighted by Crippen LogP contribution is -2.32. The summed E-state index contributed by atoms with van der Waals surface area (Å²) in [7, 11) is 0. The maximum absolute atomic E-state index is 12.1. The van der Waals surface area contributed by atoms with Crippen molar-refractivity contribution in [2.24, 2.45) is 0 Å². The van der Waals surface area contributed by atoms with E-state index in [4.69, 9.17) is 9.47 Å². The Hall–Kier alpha value is -2.34. The number of carbonyl (C=O) groups is 1. The molecule has 2 heterocycles. The molecule has 1 saturated heterocycles. The Morgan fingerprint density at radius 1 is 1.31 bits per heavy atom. The van der Waals surface area contributed by atoms with E-state index in [0.717, 1.165) is 25.2 Å². The van der Waals surface area contributed by atoms with Crippen LogP contribution in [0.2, 0.25) is 0 Å². The topological polar surface area (TPSA) is 65.4 Å². The molecule has 0 spiro atoms. The fraction of sp³-hybridized carbons (Fsp3) is 0.500. The lowest BCUT2D eigenvalue weighted by Gasteiger charge is -2.19. The van der Waals surface area contributed by atoms with Crippen LogP contribution >= 0.6 is 0 Å². The fourth-order valence-corrected chi connectivity index (χ4v) is 2.85. The van der Waals surface area contributed by atoms with Crippen molar-refractivity contribution in [1.29, 1.82) is 0 Å². The first kappa shape index (κ1) is 18.5. The van der Waals surface area contributed by atoms with Crippen molar-refractivity contribution in [1.82, 2.24) is 15.1 Å². The molecule has 2 aromatic rings. The zero-order chi connectivity index (χ0) is 18.6. The predicted molar refractivity (Wildman–Crippen MR) is 99.3 cm³/mol. The van der Waals surface area contributed by atoms with Gasteiger partial charge < -0.3 is 14.8 Å². The van der Waals surface area contributed by atoms with E-state index >= 15 is 0 Å². The van der Waals surface area contributed by atoms with Crippen molar-refractivity contribution in [3.05, 3.63) is 47.8 Å². The van der Waals surface area contributed by atoms with Crippen molar-refractivity contribution in [2.75, 3.05) is 13.2 Å². The molecule has 1 aliphatic rings. The van der Waals surface area contributed by atoms with Crippen LogP contribution in [-0.2, 0) is 16.9 Å². The normalized spacial score (nSPS) is 17.3. The van der Waals surface area contributed by atoms with E-state index in [9.17, 15) is 4.79 Å². The molecule has 1 aromatic heterocycles. The number of hydrogen-bond donors (Lipinski definition) is 1. The van der Waals surface area contributed by atoms with Gasteiger partial charge in [0, 0.05) is 19.3 Å². The molecule has 26 heavy (non-hydrogen) atoms. The average molecular weight is 357 g/mol. The number of aromatic nitrogens is 2. The standard InChI is InChI=1S/C20H27N3O3/c1-20(2,3)15-6-8-16(9-7-15)26-14-23-11-10-18(22-23)19(24)21-13-17-5-4-12-25-17/h6-11,17H,4-5,12-14H2,1-3H3,(H,21,24). The Balaban J connectivity index is 1.49. The molecule has 3 rings (SSSR count). The molecule has 0 radical (unpaired) electrons. The van der Waals surface area contributed by atoms with Gasteiger partial charge >= 0.3 is 0 Å². The molecule has 140 valence electrons. The van der Waals surface area contributed by atoms with Gasteiger partial charge in [-0.1, -0.05) is 32.9 Å². The van der Waals surface area contributed by atoms with Gasteiger partial charge in [-0.05, 0) is 42.0 Å². The number of nitrogens with one attached hydrogen (secondary N) is 1. The second-order valence-electron chi connectivity index (χ2n) is 7.63. The molecule has 1 unspecified atom stereocenters. The molecule has 0 aliphatic carbocycles. The summed E-state index contributed by atoms with van der Waals surface area (Å²) >= 11 is 0. The zero-order valence-corrected chi connectivity index (χ0v) is 15.7. The van der Waals surface area contributed by atoms with Gasteiger partial charge in [0.05, 0.1) is 6.10 Å². The minimum atomic E-state index is -0.186. The third-order valence-electron chi connectivity index (χ3n) is 4.47. The van der Waals surface area contributed by atoms with Gasteiger partial charge in [0.25, 0.3) is 5.91 Å². The number of hydrogen-bond acceptors (Lipinski definition) is 4. The van der Waals surface area contributed by atoms with Crippen LogP contribution in [0.5, 0.6) is 5.75 Å². The quantitative estimate of drug-likeness (QED) is 0.863. The third kappa shape index (κ3) is 4.85. The van der Waals surface area contributed by atoms with Gasteiger partial charge in [-0.2, -0.15) is 5.10 Å². The van der Waals surface area contributed by atoms with E-state index in [0.29, 0.717) is 12.2 Å². The smallest absolute Gasteiger partial charge is 0.271 e. The van der Waals surface area contributed by atoms with Crippen LogP contribution in [0.25, 0.3) is 0 Å². The summed E-state index contributed by atoms with van der Waals surface area (Å²) in [5.74, 6) is 0.590. The van der Waals surface area contributed by atoms with Gasteiger partial charge in [-0.25, -0.2) is 4.68 Å². The van der Waals surface area contributed by atoms with Crippen LogP contribution in [0.4, 0.5) is 0 Å². The van der Waals surface area contributed by atoms with Gasteiger partial charge in [-0.3, -0.25) is 4.79 Å². The van der Waals surface area contributed by atoms with E-state index in [-0.39, 0.29) is 24.2 Å². The summed E-state index contributed by atoms with van der Waals surface area (Å²) in [5.41, 5.74) is 1.76. The third-order valence-corrected chi connectivity index (χ3v) is 4.47. The average Bonchev–Trinajstić information content (AvgIpc) is 3.29. The summed E-state index contributed by atoms with van der Waals surface area (Å²) < 4.78 is 12.9. The Morgan fingerprint density at radius 2 is 2.08 bits per heavy atom. The second kappa shape index (κ2) is 7.91. The molecule has 1 aliphatic heterocycles. The van der Waals surface area contributed by atoms with E-state index in [1.165, 1.54) is 5.56 Å². The van der Waals surface area contributed by atoms with Crippen molar-refractivity contribution in [2.45, 2.75) is 51.9 Å². The maximum Gasteiger partial charge on any atom is 0.271 e. The molecule has 1 aromatic carbocycles. The maximum atomic E-state index is 12.1. The van der Waals surface area contributed by atoms with Crippen LogP contribution in [0.15, 0.2) is 36.5 Å². The number of amides is 1. The summed E-state index contributed by atoms with van der Waals surface area (Å²) in [6.45, 7) is 8.10. The molecular weight excluding hydrogens is 330 g/mol. The van der Waals surface area contributed by atoms with Crippen molar-refractivity contribution in [3.8, 4) is 5.75 Å². The molecule has 1 N–H and O–H groups in total. The molecule has 6 nitrogen and oxygen atoms in total. The summed E-state index contributed by atoms with van der Waals surface area (Å²) in [5, 5.41) is 7.13. The Kier molecular flexibility index (Phi) is 5.61. The highest BCUT2D eigenvalue weighted by atomic mass is 16.5. The number of benzene rings is 1. The first-order valence-electron chi connectivity index (χ1n) is 9.08. The first-order chi connectivity index (χ1) is 12.4. The SMILES string of the molecule is CC(C)(C)c1ccc(OCn2ccc(C(=O)NCC3CCCO3)n2)cc1. The number of rotatable bonds is 6. The molecular formula is C20H27N3O3. The van der Waals surface area contributed by atoms with Gasteiger partial charge in [0.15, 0.2) is 6.73 Å². The molecule has 6 heteroatoms.